The van der Waals surface area contributed by atoms with Crippen molar-refractivity contribution >= 4 is 0 Å². The number of hydrogen-bond acceptors (Lipinski definition) is 1. The molecule has 1 fully saturated rings. The lowest BCUT2D eigenvalue weighted by Crippen LogP contribution is -2.20. The molecule has 0 radical (unpaired) electrons. The van der Waals surface area contributed by atoms with Gasteiger partial charge in [0.25, 0.3) is 0 Å². The molecule has 1 aliphatic rings. The number of hydrogen-bond donors (Lipinski definition) is 1. The van der Waals surface area contributed by atoms with Gasteiger partial charge < -0.3 is 5.32 Å². The van der Waals surface area contributed by atoms with Crippen LogP contribution in [0.3, 0.4) is 0 Å². The van der Waals surface area contributed by atoms with Crippen molar-refractivity contribution in [3.8, 4) is 0 Å². The molecule has 11 heavy (non-hydrogen) atoms. The van der Waals surface area contributed by atoms with Gasteiger partial charge in [-0.2, -0.15) is 0 Å². The Morgan fingerprint density at radius 3 is 2.27 bits per heavy atom. The van der Waals surface area contributed by atoms with Crippen molar-refractivity contribution in [2.45, 2.75) is 32.6 Å². The van der Waals surface area contributed by atoms with Gasteiger partial charge in [0.05, 0.1) is 0 Å². The molecular weight excluding hydrogens is 134 g/mol. The first-order valence-electron chi connectivity index (χ1n) is 4.60. The van der Waals surface area contributed by atoms with E-state index < -0.39 is 0 Å². The Morgan fingerprint density at radius 2 is 1.82 bits per heavy atom. The number of allylic oxidation sites excluding steroid dienone is 1. The summed E-state index contributed by atoms with van der Waals surface area (Å²) in [6.07, 6.45) is 5.43. The molecule has 1 N–H and O–H groups in total. The molecule has 0 bridgehead atoms. The minimum absolute atomic E-state index is 0.746. The van der Waals surface area contributed by atoms with Gasteiger partial charge in [-0.1, -0.05) is 26.3 Å². The highest BCUT2D eigenvalue weighted by Gasteiger charge is 2.19. The molecule has 1 saturated carbocycles. The van der Waals surface area contributed by atoms with Gasteiger partial charge in [-0.25, -0.2) is 0 Å². The zero-order chi connectivity index (χ0) is 8.27. The molecule has 0 aromatic carbocycles. The number of rotatable bonds is 2. The van der Waals surface area contributed by atoms with E-state index in [9.17, 15) is 0 Å². The second-order valence-corrected chi connectivity index (χ2v) is 3.73. The molecule has 0 amide bonds. The van der Waals surface area contributed by atoms with Gasteiger partial charge in [0, 0.05) is 12.7 Å². The average molecular weight is 153 g/mol. The van der Waals surface area contributed by atoms with Crippen LogP contribution in [0.5, 0.6) is 0 Å². The molecule has 0 aromatic heterocycles. The molecule has 0 saturated heterocycles. The summed E-state index contributed by atoms with van der Waals surface area (Å²) in [5.74, 6) is 1.69. The van der Waals surface area contributed by atoms with Crippen molar-refractivity contribution in [2.24, 2.45) is 11.8 Å². The van der Waals surface area contributed by atoms with Crippen molar-refractivity contribution in [1.29, 1.82) is 0 Å². The standard InChI is InChI=1S/C10H19N/c1-8-4-6-10(7-5-8)9(2)11-3/h8,10-11H,2,4-7H2,1,3H3. The summed E-state index contributed by atoms with van der Waals surface area (Å²) in [4.78, 5) is 0. The molecule has 0 heterocycles. The molecule has 1 rings (SSSR count). The normalized spacial score (nSPS) is 31.5. The molecule has 0 spiro atoms. The Bertz CT molecular complexity index is 132. The molecule has 1 nitrogen and oxygen atoms in total. The predicted molar refractivity (Wildman–Crippen MR) is 49.3 cm³/mol. The van der Waals surface area contributed by atoms with E-state index in [1.807, 2.05) is 7.05 Å². The Hall–Kier alpha value is -0.460. The summed E-state index contributed by atoms with van der Waals surface area (Å²) >= 11 is 0. The van der Waals surface area contributed by atoms with Gasteiger partial charge in [-0.3, -0.25) is 0 Å². The van der Waals surface area contributed by atoms with Gasteiger partial charge >= 0.3 is 0 Å². The maximum Gasteiger partial charge on any atom is 0.00625 e. The fourth-order valence-electron chi connectivity index (χ4n) is 1.81. The molecule has 64 valence electrons. The lowest BCUT2D eigenvalue weighted by Gasteiger charge is -2.27. The molecular formula is C10H19N. The van der Waals surface area contributed by atoms with Crippen molar-refractivity contribution in [1.82, 2.24) is 5.32 Å². The van der Waals surface area contributed by atoms with Crippen molar-refractivity contribution in [2.75, 3.05) is 7.05 Å². The van der Waals surface area contributed by atoms with Crippen LogP contribution in [-0.2, 0) is 0 Å². The van der Waals surface area contributed by atoms with Crippen molar-refractivity contribution in [3.05, 3.63) is 12.3 Å². The first-order valence-corrected chi connectivity index (χ1v) is 4.60. The molecule has 0 atom stereocenters. The maximum atomic E-state index is 4.01. The van der Waals surface area contributed by atoms with Gasteiger partial charge in [-0.05, 0) is 24.7 Å². The fourth-order valence-corrected chi connectivity index (χ4v) is 1.81. The van der Waals surface area contributed by atoms with Gasteiger partial charge in [0.15, 0.2) is 0 Å². The highest BCUT2D eigenvalue weighted by Crippen LogP contribution is 2.30. The minimum Gasteiger partial charge on any atom is -0.392 e. The van der Waals surface area contributed by atoms with Crippen LogP contribution in [0.1, 0.15) is 32.6 Å². The highest BCUT2D eigenvalue weighted by molar-refractivity contribution is 4.98. The van der Waals surface area contributed by atoms with E-state index >= 15 is 0 Å². The van der Waals surface area contributed by atoms with E-state index in [-0.39, 0.29) is 0 Å². The Labute approximate surface area is 69.9 Å². The maximum absolute atomic E-state index is 4.01. The monoisotopic (exact) mass is 153 g/mol. The van der Waals surface area contributed by atoms with E-state index in [1.165, 1.54) is 31.4 Å². The van der Waals surface area contributed by atoms with Crippen LogP contribution in [0.2, 0.25) is 0 Å². The molecule has 0 unspecified atom stereocenters. The van der Waals surface area contributed by atoms with Crippen LogP contribution in [0, 0.1) is 11.8 Å². The van der Waals surface area contributed by atoms with E-state index in [0.29, 0.717) is 0 Å². The van der Waals surface area contributed by atoms with Crippen molar-refractivity contribution < 1.29 is 0 Å². The van der Waals surface area contributed by atoms with Crippen LogP contribution < -0.4 is 5.32 Å². The van der Waals surface area contributed by atoms with Crippen LogP contribution in [0.25, 0.3) is 0 Å². The highest BCUT2D eigenvalue weighted by atomic mass is 14.8. The Kier molecular flexibility index (Phi) is 2.98. The topological polar surface area (TPSA) is 12.0 Å². The summed E-state index contributed by atoms with van der Waals surface area (Å²) in [5.41, 5.74) is 1.23. The third kappa shape index (κ3) is 2.25. The summed E-state index contributed by atoms with van der Waals surface area (Å²) < 4.78 is 0. The summed E-state index contributed by atoms with van der Waals surface area (Å²) in [7, 11) is 1.97. The van der Waals surface area contributed by atoms with Crippen LogP contribution >= 0.6 is 0 Å². The molecule has 1 heteroatoms. The number of nitrogens with one attached hydrogen (secondary N) is 1. The Balaban J connectivity index is 2.33. The van der Waals surface area contributed by atoms with E-state index in [1.54, 1.807) is 0 Å². The average Bonchev–Trinajstić information content (AvgIpc) is 2.05. The zero-order valence-corrected chi connectivity index (χ0v) is 7.69. The first-order chi connectivity index (χ1) is 5.24. The van der Waals surface area contributed by atoms with Crippen LogP contribution in [0.15, 0.2) is 12.3 Å². The predicted octanol–water partition coefficient (Wildman–Crippen LogP) is 2.55. The van der Waals surface area contributed by atoms with E-state index in [4.69, 9.17) is 0 Å². The van der Waals surface area contributed by atoms with Gasteiger partial charge in [0.1, 0.15) is 0 Å². The molecule has 0 aromatic rings. The first kappa shape index (κ1) is 8.63. The molecule has 1 aliphatic carbocycles. The van der Waals surface area contributed by atoms with Gasteiger partial charge in [0.2, 0.25) is 0 Å². The summed E-state index contributed by atoms with van der Waals surface area (Å²) in [5, 5.41) is 3.16. The van der Waals surface area contributed by atoms with E-state index in [0.717, 1.165) is 11.8 Å². The zero-order valence-electron chi connectivity index (χ0n) is 7.69. The SMILES string of the molecule is C=C(NC)C1CCC(C)CC1. The second kappa shape index (κ2) is 3.80. The van der Waals surface area contributed by atoms with Crippen LogP contribution in [-0.4, -0.2) is 7.05 Å². The largest absolute Gasteiger partial charge is 0.392 e. The van der Waals surface area contributed by atoms with Crippen LogP contribution in [0.4, 0.5) is 0 Å². The smallest absolute Gasteiger partial charge is 0.00625 e. The third-order valence-corrected chi connectivity index (χ3v) is 2.83. The third-order valence-electron chi connectivity index (χ3n) is 2.83. The second-order valence-electron chi connectivity index (χ2n) is 3.73. The fraction of sp³-hybridized carbons (Fsp3) is 0.800. The minimum atomic E-state index is 0.746. The lowest BCUT2D eigenvalue weighted by molar-refractivity contribution is 0.314. The molecule has 0 aliphatic heterocycles. The summed E-state index contributed by atoms with van der Waals surface area (Å²) in [6.45, 7) is 6.36. The Morgan fingerprint density at radius 1 is 1.27 bits per heavy atom. The lowest BCUT2D eigenvalue weighted by atomic mass is 9.82. The van der Waals surface area contributed by atoms with Gasteiger partial charge in [-0.15, -0.1) is 0 Å². The quantitative estimate of drug-likeness (QED) is 0.643. The van der Waals surface area contributed by atoms with E-state index in [2.05, 4.69) is 18.8 Å². The summed E-state index contributed by atoms with van der Waals surface area (Å²) in [6, 6.07) is 0. The van der Waals surface area contributed by atoms with Crippen molar-refractivity contribution in [3.63, 3.8) is 0 Å².